The van der Waals surface area contributed by atoms with E-state index in [1.54, 1.807) is 18.2 Å². The maximum atomic E-state index is 9.80. The second-order valence-electron chi connectivity index (χ2n) is 4.42. The summed E-state index contributed by atoms with van der Waals surface area (Å²) in [6.07, 6.45) is 0. The quantitative estimate of drug-likeness (QED) is 0.838. The van der Waals surface area contributed by atoms with Crippen LogP contribution in [-0.4, -0.2) is 11.7 Å². The summed E-state index contributed by atoms with van der Waals surface area (Å²) >= 11 is 5.94. The van der Waals surface area contributed by atoms with Gasteiger partial charge in [0.15, 0.2) is 0 Å². The van der Waals surface area contributed by atoms with Gasteiger partial charge in [0.1, 0.15) is 5.75 Å². The number of anilines is 1. The summed E-state index contributed by atoms with van der Waals surface area (Å²) in [6, 6.07) is 13.0. The van der Waals surface area contributed by atoms with Crippen molar-refractivity contribution in [1.29, 1.82) is 0 Å². The Morgan fingerprint density at radius 2 is 1.95 bits per heavy atom. The van der Waals surface area contributed by atoms with E-state index < -0.39 is 0 Å². The molecule has 0 aliphatic heterocycles. The minimum Gasteiger partial charge on any atom is -0.508 e. The van der Waals surface area contributed by atoms with Crippen LogP contribution >= 0.6 is 11.6 Å². The molecule has 0 atom stereocenters. The van der Waals surface area contributed by atoms with E-state index in [-0.39, 0.29) is 5.75 Å². The van der Waals surface area contributed by atoms with Gasteiger partial charge in [-0.1, -0.05) is 29.8 Å². The molecule has 20 heavy (non-hydrogen) atoms. The summed E-state index contributed by atoms with van der Waals surface area (Å²) in [4.78, 5) is 0. The largest absolute Gasteiger partial charge is 0.508 e. The van der Waals surface area contributed by atoms with Crippen molar-refractivity contribution in [3.8, 4) is 5.75 Å². The molecule has 0 aliphatic rings. The number of rotatable bonds is 6. The third-order valence-electron chi connectivity index (χ3n) is 2.99. The number of nitrogens with one attached hydrogen (secondary N) is 1. The van der Waals surface area contributed by atoms with E-state index in [0.717, 1.165) is 16.8 Å². The van der Waals surface area contributed by atoms with Gasteiger partial charge < -0.3 is 15.2 Å². The van der Waals surface area contributed by atoms with Crippen LogP contribution < -0.4 is 5.32 Å². The molecule has 0 saturated heterocycles. The van der Waals surface area contributed by atoms with Gasteiger partial charge in [-0.15, -0.1) is 0 Å². The van der Waals surface area contributed by atoms with Crippen molar-refractivity contribution in [3.05, 3.63) is 58.6 Å². The van der Waals surface area contributed by atoms with Crippen LogP contribution in [0.1, 0.15) is 18.1 Å². The first-order chi connectivity index (χ1) is 9.70. The van der Waals surface area contributed by atoms with Crippen LogP contribution in [0.3, 0.4) is 0 Å². The van der Waals surface area contributed by atoms with Crippen molar-refractivity contribution in [2.45, 2.75) is 20.1 Å². The molecular weight excluding hydrogens is 274 g/mol. The third-order valence-corrected chi connectivity index (χ3v) is 3.22. The fourth-order valence-electron chi connectivity index (χ4n) is 1.92. The molecule has 0 aromatic heterocycles. The Balaban J connectivity index is 2.08. The average Bonchev–Trinajstić information content (AvgIpc) is 2.47. The van der Waals surface area contributed by atoms with Gasteiger partial charge in [0, 0.05) is 35.0 Å². The molecule has 106 valence electrons. The molecular formula is C16H18ClNO2. The minimum atomic E-state index is 0.240. The molecule has 0 heterocycles. The lowest BCUT2D eigenvalue weighted by molar-refractivity contribution is 0.134. The molecule has 0 amide bonds. The predicted molar refractivity (Wildman–Crippen MR) is 82.2 cm³/mol. The molecule has 0 spiro atoms. The van der Waals surface area contributed by atoms with Gasteiger partial charge in [-0.05, 0) is 31.2 Å². The molecule has 0 saturated carbocycles. The topological polar surface area (TPSA) is 41.5 Å². The lowest BCUT2D eigenvalue weighted by Gasteiger charge is -2.13. The summed E-state index contributed by atoms with van der Waals surface area (Å²) in [7, 11) is 0. The van der Waals surface area contributed by atoms with Crippen molar-refractivity contribution in [2.75, 3.05) is 11.9 Å². The van der Waals surface area contributed by atoms with Crippen LogP contribution in [0.15, 0.2) is 42.5 Å². The summed E-state index contributed by atoms with van der Waals surface area (Å²) in [6.45, 7) is 3.74. The van der Waals surface area contributed by atoms with E-state index in [1.807, 2.05) is 31.2 Å². The summed E-state index contributed by atoms with van der Waals surface area (Å²) in [5.41, 5.74) is 2.86. The van der Waals surface area contributed by atoms with E-state index >= 15 is 0 Å². The van der Waals surface area contributed by atoms with Gasteiger partial charge in [-0.2, -0.15) is 0 Å². The van der Waals surface area contributed by atoms with Gasteiger partial charge in [0.05, 0.1) is 6.61 Å². The number of benzene rings is 2. The zero-order valence-electron chi connectivity index (χ0n) is 11.4. The Kier molecular flexibility index (Phi) is 5.27. The van der Waals surface area contributed by atoms with Crippen LogP contribution in [0.25, 0.3) is 0 Å². The van der Waals surface area contributed by atoms with Crippen LogP contribution in [0.2, 0.25) is 5.02 Å². The van der Waals surface area contributed by atoms with Crippen molar-refractivity contribution >= 4 is 17.3 Å². The second-order valence-corrected chi connectivity index (χ2v) is 4.86. The van der Waals surface area contributed by atoms with E-state index in [9.17, 15) is 5.11 Å². The SMILES string of the molecule is CCOCc1ccccc1NCc1cc(Cl)ccc1O. The fourth-order valence-corrected chi connectivity index (χ4v) is 2.11. The molecule has 0 unspecified atom stereocenters. The second kappa shape index (κ2) is 7.17. The number of aromatic hydroxyl groups is 1. The first-order valence-electron chi connectivity index (χ1n) is 6.57. The highest BCUT2D eigenvalue weighted by molar-refractivity contribution is 6.30. The number of hydrogen-bond donors (Lipinski definition) is 2. The summed E-state index contributed by atoms with van der Waals surface area (Å²) in [5.74, 6) is 0.240. The third kappa shape index (κ3) is 3.89. The Morgan fingerprint density at radius 1 is 1.15 bits per heavy atom. The maximum Gasteiger partial charge on any atom is 0.120 e. The Hall–Kier alpha value is -1.71. The van der Waals surface area contributed by atoms with Crippen molar-refractivity contribution < 1.29 is 9.84 Å². The highest BCUT2D eigenvalue weighted by Gasteiger charge is 2.05. The normalized spacial score (nSPS) is 10.5. The van der Waals surface area contributed by atoms with Crippen LogP contribution in [0.5, 0.6) is 5.75 Å². The molecule has 0 fully saturated rings. The molecule has 3 nitrogen and oxygen atoms in total. The van der Waals surface area contributed by atoms with Gasteiger partial charge in [-0.3, -0.25) is 0 Å². The van der Waals surface area contributed by atoms with Gasteiger partial charge in [0.2, 0.25) is 0 Å². The highest BCUT2D eigenvalue weighted by atomic mass is 35.5. The number of phenols is 1. The average molecular weight is 292 g/mol. The van der Waals surface area contributed by atoms with Crippen molar-refractivity contribution in [3.63, 3.8) is 0 Å². The Bertz CT molecular complexity index is 572. The number of phenolic OH excluding ortho intramolecular Hbond substituents is 1. The van der Waals surface area contributed by atoms with E-state index in [4.69, 9.17) is 16.3 Å². The lowest BCUT2D eigenvalue weighted by atomic mass is 10.1. The molecule has 2 aromatic carbocycles. The van der Waals surface area contributed by atoms with Gasteiger partial charge in [-0.25, -0.2) is 0 Å². The van der Waals surface area contributed by atoms with Crippen LogP contribution in [0.4, 0.5) is 5.69 Å². The fraction of sp³-hybridized carbons (Fsp3) is 0.250. The number of para-hydroxylation sites is 1. The Labute approximate surface area is 124 Å². The summed E-state index contributed by atoms with van der Waals surface area (Å²) < 4.78 is 5.44. The zero-order chi connectivity index (χ0) is 14.4. The molecule has 4 heteroatoms. The highest BCUT2D eigenvalue weighted by Crippen LogP contribution is 2.23. The van der Waals surface area contributed by atoms with E-state index in [2.05, 4.69) is 5.32 Å². The maximum absolute atomic E-state index is 9.80. The molecule has 0 aliphatic carbocycles. The molecule has 2 N–H and O–H groups in total. The van der Waals surface area contributed by atoms with Crippen LogP contribution in [0, 0.1) is 0 Å². The van der Waals surface area contributed by atoms with Gasteiger partial charge >= 0.3 is 0 Å². The van der Waals surface area contributed by atoms with Crippen LogP contribution in [-0.2, 0) is 17.9 Å². The first kappa shape index (κ1) is 14.7. The number of hydrogen-bond acceptors (Lipinski definition) is 3. The van der Waals surface area contributed by atoms with Crippen molar-refractivity contribution in [1.82, 2.24) is 0 Å². The molecule has 2 aromatic rings. The Morgan fingerprint density at radius 3 is 2.75 bits per heavy atom. The molecule has 0 bridgehead atoms. The molecule has 2 rings (SSSR count). The standard InChI is InChI=1S/C16H18ClNO2/c1-2-20-11-12-5-3-4-6-15(12)18-10-13-9-14(17)7-8-16(13)19/h3-9,18-19H,2,10-11H2,1H3. The molecule has 0 radical (unpaired) electrons. The smallest absolute Gasteiger partial charge is 0.120 e. The van der Waals surface area contributed by atoms with E-state index in [0.29, 0.717) is 24.8 Å². The van der Waals surface area contributed by atoms with Crippen molar-refractivity contribution in [2.24, 2.45) is 0 Å². The van der Waals surface area contributed by atoms with Gasteiger partial charge in [0.25, 0.3) is 0 Å². The monoisotopic (exact) mass is 291 g/mol. The zero-order valence-corrected chi connectivity index (χ0v) is 12.2. The van der Waals surface area contributed by atoms with E-state index in [1.165, 1.54) is 0 Å². The first-order valence-corrected chi connectivity index (χ1v) is 6.95. The predicted octanol–water partition coefficient (Wildman–Crippen LogP) is 4.19. The lowest BCUT2D eigenvalue weighted by Crippen LogP contribution is -2.04. The number of ether oxygens (including phenoxy) is 1. The summed E-state index contributed by atoms with van der Waals surface area (Å²) in [5, 5.41) is 13.7. The minimum absolute atomic E-state index is 0.240. The number of halogens is 1.